The molecule has 0 aliphatic rings. The van der Waals surface area contributed by atoms with Crippen molar-refractivity contribution >= 4 is 23.4 Å². The number of hydrogen-bond donors (Lipinski definition) is 1. The quantitative estimate of drug-likeness (QED) is 0.668. The molecular weight excluding hydrogens is 272 g/mol. The average molecular weight is 280 g/mol. The summed E-state index contributed by atoms with van der Waals surface area (Å²) in [5.41, 5.74) is -0.500. The largest absolute Gasteiger partial charge is 0.477 e. The van der Waals surface area contributed by atoms with Gasteiger partial charge in [-0.3, -0.25) is 10.1 Å². The van der Waals surface area contributed by atoms with E-state index in [9.17, 15) is 14.9 Å². The Morgan fingerprint density at radius 1 is 1.53 bits per heavy atom. The van der Waals surface area contributed by atoms with Crippen molar-refractivity contribution in [1.82, 2.24) is 14.5 Å². The Balaban J connectivity index is 2.46. The summed E-state index contributed by atoms with van der Waals surface area (Å²) in [6.07, 6.45) is 3.21. The van der Waals surface area contributed by atoms with E-state index in [1.54, 1.807) is 17.8 Å². The van der Waals surface area contributed by atoms with Crippen LogP contribution in [0.15, 0.2) is 34.7 Å². The summed E-state index contributed by atoms with van der Waals surface area (Å²) in [6, 6.07) is 2.23. The van der Waals surface area contributed by atoms with Crippen LogP contribution >= 0.6 is 11.8 Å². The Labute approximate surface area is 111 Å². The number of carbonyl (C=O) groups is 1. The Morgan fingerprint density at radius 3 is 2.79 bits per heavy atom. The normalized spacial score (nSPS) is 10.4. The fraction of sp³-hybridized carbons (Fsp3) is 0.100. The minimum absolute atomic E-state index is 0.000741. The van der Waals surface area contributed by atoms with Crippen LogP contribution < -0.4 is 0 Å². The van der Waals surface area contributed by atoms with Gasteiger partial charge in [0.05, 0.1) is 4.92 Å². The molecule has 0 saturated carbocycles. The first-order chi connectivity index (χ1) is 8.99. The van der Waals surface area contributed by atoms with Crippen LogP contribution in [0.2, 0.25) is 0 Å². The number of pyridine rings is 1. The van der Waals surface area contributed by atoms with Crippen LogP contribution in [0.3, 0.4) is 0 Å². The molecule has 8 nitrogen and oxygen atoms in total. The summed E-state index contributed by atoms with van der Waals surface area (Å²) in [4.78, 5) is 28.9. The molecule has 9 heteroatoms. The predicted molar refractivity (Wildman–Crippen MR) is 65.2 cm³/mol. The number of carboxylic acids is 1. The highest BCUT2D eigenvalue weighted by Crippen LogP contribution is 2.32. The number of nitrogens with zero attached hydrogens (tertiary/aromatic N) is 4. The van der Waals surface area contributed by atoms with E-state index < -0.39 is 10.9 Å². The highest BCUT2D eigenvalue weighted by molar-refractivity contribution is 7.99. The molecule has 2 heterocycles. The zero-order valence-electron chi connectivity index (χ0n) is 9.68. The van der Waals surface area contributed by atoms with Crippen molar-refractivity contribution in [1.29, 1.82) is 0 Å². The number of aromatic carboxylic acids is 1. The molecule has 0 unspecified atom stereocenters. The van der Waals surface area contributed by atoms with Gasteiger partial charge in [0, 0.05) is 25.5 Å². The van der Waals surface area contributed by atoms with Crippen LogP contribution in [-0.2, 0) is 7.05 Å². The summed E-state index contributed by atoms with van der Waals surface area (Å²) in [5, 5.41) is 20.2. The molecule has 2 aromatic rings. The summed E-state index contributed by atoms with van der Waals surface area (Å²) in [7, 11) is 1.72. The maximum Gasteiger partial charge on any atom is 0.354 e. The molecule has 2 rings (SSSR count). The lowest BCUT2D eigenvalue weighted by molar-refractivity contribution is -0.388. The third-order valence-corrected chi connectivity index (χ3v) is 3.29. The molecule has 0 spiro atoms. The van der Waals surface area contributed by atoms with Crippen LogP contribution in [0.4, 0.5) is 5.69 Å². The van der Waals surface area contributed by atoms with E-state index in [2.05, 4.69) is 9.97 Å². The summed E-state index contributed by atoms with van der Waals surface area (Å²) >= 11 is 0.943. The van der Waals surface area contributed by atoms with Crippen molar-refractivity contribution in [3.63, 3.8) is 0 Å². The Morgan fingerprint density at radius 2 is 2.26 bits per heavy atom. The van der Waals surface area contributed by atoms with E-state index in [0.717, 1.165) is 23.9 Å². The fourth-order valence-corrected chi connectivity index (χ4v) is 2.19. The van der Waals surface area contributed by atoms with Gasteiger partial charge in [-0.15, -0.1) is 0 Å². The topological polar surface area (TPSA) is 111 Å². The maximum absolute atomic E-state index is 10.9. The second kappa shape index (κ2) is 5.06. The predicted octanol–water partition coefficient (Wildman–Crippen LogP) is 1.57. The van der Waals surface area contributed by atoms with Gasteiger partial charge < -0.3 is 9.67 Å². The minimum Gasteiger partial charge on any atom is -0.477 e. The monoisotopic (exact) mass is 280 g/mol. The number of imidazole rings is 1. The van der Waals surface area contributed by atoms with Crippen LogP contribution in [0.1, 0.15) is 10.5 Å². The molecule has 0 aromatic carbocycles. The summed E-state index contributed by atoms with van der Waals surface area (Å²) in [6.45, 7) is 0. The van der Waals surface area contributed by atoms with Gasteiger partial charge in [0.25, 0.3) is 0 Å². The standard InChI is InChI=1S/C10H8N4O4S/c1-13-5-4-11-10(13)19-8-7(14(17)18)3-2-6(12-8)9(15)16/h2-5H,1H3,(H,15,16). The van der Waals surface area contributed by atoms with Gasteiger partial charge in [-0.05, 0) is 17.8 Å². The van der Waals surface area contributed by atoms with Gasteiger partial charge in [-0.1, -0.05) is 0 Å². The Bertz CT molecular complexity index is 655. The zero-order valence-corrected chi connectivity index (χ0v) is 10.5. The van der Waals surface area contributed by atoms with E-state index >= 15 is 0 Å². The zero-order chi connectivity index (χ0) is 14.0. The first-order valence-electron chi connectivity index (χ1n) is 5.03. The van der Waals surface area contributed by atoms with Gasteiger partial charge >= 0.3 is 11.7 Å². The van der Waals surface area contributed by atoms with Gasteiger partial charge in [-0.2, -0.15) is 0 Å². The van der Waals surface area contributed by atoms with E-state index in [4.69, 9.17) is 5.11 Å². The van der Waals surface area contributed by atoms with E-state index in [-0.39, 0.29) is 16.4 Å². The molecule has 1 N–H and O–H groups in total. The highest BCUT2D eigenvalue weighted by atomic mass is 32.2. The van der Waals surface area contributed by atoms with Crippen molar-refractivity contribution in [3.05, 3.63) is 40.3 Å². The van der Waals surface area contributed by atoms with Gasteiger partial charge in [0.15, 0.2) is 10.2 Å². The second-order valence-electron chi connectivity index (χ2n) is 3.51. The molecule has 0 fully saturated rings. The molecule has 19 heavy (non-hydrogen) atoms. The highest BCUT2D eigenvalue weighted by Gasteiger charge is 2.20. The minimum atomic E-state index is -1.24. The summed E-state index contributed by atoms with van der Waals surface area (Å²) < 4.78 is 1.66. The molecule has 98 valence electrons. The first kappa shape index (κ1) is 13.0. The van der Waals surface area contributed by atoms with Gasteiger partial charge in [0.1, 0.15) is 5.69 Å². The van der Waals surface area contributed by atoms with Gasteiger partial charge in [0.2, 0.25) is 0 Å². The average Bonchev–Trinajstić information content (AvgIpc) is 2.74. The number of carboxylic acid groups (broad SMARTS) is 1. The Hall–Kier alpha value is -2.42. The van der Waals surface area contributed by atoms with E-state index in [1.807, 2.05) is 0 Å². The molecule has 0 atom stereocenters. The van der Waals surface area contributed by atoms with Crippen LogP contribution in [0, 0.1) is 10.1 Å². The summed E-state index contributed by atoms with van der Waals surface area (Å²) in [5.74, 6) is -1.24. The molecule has 2 aromatic heterocycles. The van der Waals surface area contributed by atoms with E-state index in [0.29, 0.717) is 5.16 Å². The molecular formula is C10H8N4O4S. The third-order valence-electron chi connectivity index (χ3n) is 2.22. The number of aromatic nitrogens is 3. The van der Waals surface area contributed by atoms with Crippen molar-refractivity contribution < 1.29 is 14.8 Å². The van der Waals surface area contributed by atoms with Crippen LogP contribution in [-0.4, -0.2) is 30.5 Å². The number of rotatable bonds is 4. The van der Waals surface area contributed by atoms with Gasteiger partial charge in [-0.25, -0.2) is 14.8 Å². The third kappa shape index (κ3) is 2.71. The number of aryl methyl sites for hydroxylation is 1. The lowest BCUT2D eigenvalue weighted by Crippen LogP contribution is -2.03. The van der Waals surface area contributed by atoms with Crippen LogP contribution in [0.5, 0.6) is 0 Å². The smallest absolute Gasteiger partial charge is 0.354 e. The first-order valence-corrected chi connectivity index (χ1v) is 5.84. The van der Waals surface area contributed by atoms with Crippen molar-refractivity contribution in [3.8, 4) is 0 Å². The second-order valence-corrected chi connectivity index (χ2v) is 4.46. The number of hydrogen-bond acceptors (Lipinski definition) is 6. The van der Waals surface area contributed by atoms with E-state index in [1.165, 1.54) is 6.20 Å². The molecule has 0 radical (unpaired) electrons. The molecule has 0 aliphatic carbocycles. The number of nitro groups is 1. The lowest BCUT2D eigenvalue weighted by Gasteiger charge is -2.03. The van der Waals surface area contributed by atoms with Crippen molar-refractivity contribution in [2.75, 3.05) is 0 Å². The molecule has 0 saturated heterocycles. The fourth-order valence-electron chi connectivity index (χ4n) is 1.30. The lowest BCUT2D eigenvalue weighted by atomic mass is 10.3. The SMILES string of the molecule is Cn1ccnc1Sc1nc(C(=O)O)ccc1[N+](=O)[O-]. The molecule has 0 bridgehead atoms. The molecule has 0 amide bonds. The Kier molecular flexibility index (Phi) is 3.47. The maximum atomic E-state index is 10.9. The van der Waals surface area contributed by atoms with Crippen LogP contribution in [0.25, 0.3) is 0 Å². The van der Waals surface area contributed by atoms with Crippen molar-refractivity contribution in [2.24, 2.45) is 7.05 Å². The molecule has 0 aliphatic heterocycles. The van der Waals surface area contributed by atoms with Crippen molar-refractivity contribution in [2.45, 2.75) is 10.2 Å².